The second-order valence-corrected chi connectivity index (χ2v) is 5.24. The van der Waals surface area contributed by atoms with Gasteiger partial charge in [0.25, 0.3) is 0 Å². The van der Waals surface area contributed by atoms with Crippen LogP contribution in [0.2, 0.25) is 0 Å². The minimum Gasteiger partial charge on any atom is -0.411 e. The predicted octanol–water partition coefficient (Wildman–Crippen LogP) is 1.05. The van der Waals surface area contributed by atoms with E-state index in [1.807, 2.05) is 0 Å². The summed E-state index contributed by atoms with van der Waals surface area (Å²) in [6.45, 7) is 0. The first-order chi connectivity index (χ1) is 6.94. The fourth-order valence-corrected chi connectivity index (χ4v) is 1.81. The third-order valence-electron chi connectivity index (χ3n) is 1.70. The van der Waals surface area contributed by atoms with Crippen molar-refractivity contribution >= 4 is 15.5 Å². The summed E-state index contributed by atoms with van der Waals surface area (Å²) < 4.78 is 35.2. The van der Waals surface area contributed by atoms with E-state index < -0.39 is 21.4 Å². The maximum Gasteiger partial charge on any atom is 0.153 e. The van der Waals surface area contributed by atoms with Crippen LogP contribution in [0.3, 0.4) is 0 Å². The Balaban J connectivity index is 3.11. The summed E-state index contributed by atoms with van der Waals surface area (Å²) in [5, 5.41) is 11.4. The molecule has 82 valence electrons. The highest BCUT2D eigenvalue weighted by Crippen LogP contribution is 2.09. The zero-order valence-electron chi connectivity index (χ0n) is 8.01. The second-order valence-electron chi connectivity index (χ2n) is 3.10. The lowest BCUT2D eigenvalue weighted by molar-refractivity contribution is 0.319. The van der Waals surface area contributed by atoms with Gasteiger partial charge in [0.2, 0.25) is 0 Å². The molecule has 0 saturated carbocycles. The van der Waals surface area contributed by atoms with E-state index in [1.54, 1.807) is 0 Å². The van der Waals surface area contributed by atoms with E-state index in [0.29, 0.717) is 0 Å². The molecule has 0 unspecified atom stereocenters. The first kappa shape index (κ1) is 11.6. The summed E-state index contributed by atoms with van der Waals surface area (Å²) in [6.07, 6.45) is 0.985. The molecule has 0 amide bonds. The second kappa shape index (κ2) is 4.39. The van der Waals surface area contributed by atoms with E-state index in [4.69, 9.17) is 5.21 Å². The Kier molecular flexibility index (Phi) is 3.41. The van der Waals surface area contributed by atoms with E-state index in [-0.39, 0.29) is 11.3 Å². The van der Waals surface area contributed by atoms with Gasteiger partial charge in [-0.1, -0.05) is 23.4 Å². The molecule has 0 radical (unpaired) electrons. The van der Waals surface area contributed by atoms with Gasteiger partial charge >= 0.3 is 0 Å². The number of oxime groups is 1. The first-order valence-electron chi connectivity index (χ1n) is 4.07. The number of benzene rings is 1. The van der Waals surface area contributed by atoms with Crippen LogP contribution < -0.4 is 0 Å². The smallest absolute Gasteiger partial charge is 0.153 e. The SMILES string of the molecule is CS(=O)(=O)C/C(=N\O)c1ccccc1F. The van der Waals surface area contributed by atoms with Crippen LogP contribution in [0.25, 0.3) is 0 Å². The molecule has 0 atom stereocenters. The van der Waals surface area contributed by atoms with E-state index in [0.717, 1.165) is 6.26 Å². The molecule has 0 spiro atoms. The Bertz CT molecular complexity index is 482. The molecule has 6 heteroatoms. The van der Waals surface area contributed by atoms with Crippen LogP contribution in [-0.2, 0) is 9.84 Å². The van der Waals surface area contributed by atoms with Crippen molar-refractivity contribution in [3.8, 4) is 0 Å². The molecule has 1 rings (SSSR count). The lowest BCUT2D eigenvalue weighted by Gasteiger charge is -2.03. The summed E-state index contributed by atoms with van der Waals surface area (Å²) >= 11 is 0. The molecule has 4 nitrogen and oxygen atoms in total. The zero-order chi connectivity index (χ0) is 11.5. The van der Waals surface area contributed by atoms with Crippen molar-refractivity contribution in [1.29, 1.82) is 0 Å². The van der Waals surface area contributed by atoms with Crippen molar-refractivity contribution < 1.29 is 18.0 Å². The predicted molar refractivity (Wildman–Crippen MR) is 54.4 cm³/mol. The molecular formula is C9H10FNO3S. The van der Waals surface area contributed by atoms with Crippen molar-refractivity contribution in [2.75, 3.05) is 12.0 Å². The molecule has 0 aliphatic rings. The van der Waals surface area contributed by atoms with E-state index in [1.165, 1.54) is 24.3 Å². The van der Waals surface area contributed by atoms with Crippen molar-refractivity contribution in [3.05, 3.63) is 35.6 Å². The molecule has 15 heavy (non-hydrogen) atoms. The standard InChI is InChI=1S/C9H10FNO3S/c1-15(13,14)6-9(11-12)7-4-2-3-5-8(7)10/h2-5,12H,6H2,1H3/b11-9+. The average Bonchev–Trinajstić information content (AvgIpc) is 2.14. The number of halogens is 1. The molecule has 0 aromatic heterocycles. The molecule has 0 fully saturated rings. The van der Waals surface area contributed by atoms with Gasteiger partial charge in [0.05, 0.1) is 5.75 Å². The largest absolute Gasteiger partial charge is 0.411 e. The Hall–Kier alpha value is -1.43. The summed E-state index contributed by atoms with van der Waals surface area (Å²) in [5.74, 6) is -1.11. The number of sulfone groups is 1. The van der Waals surface area contributed by atoms with Gasteiger partial charge in [-0.3, -0.25) is 0 Å². The number of nitrogens with zero attached hydrogens (tertiary/aromatic N) is 1. The number of rotatable bonds is 3. The maximum atomic E-state index is 13.2. The van der Waals surface area contributed by atoms with Crippen LogP contribution >= 0.6 is 0 Å². The maximum absolute atomic E-state index is 13.2. The fraction of sp³-hybridized carbons (Fsp3) is 0.222. The summed E-state index contributed by atoms with van der Waals surface area (Å²) in [5.41, 5.74) is -0.207. The van der Waals surface area contributed by atoms with E-state index >= 15 is 0 Å². The van der Waals surface area contributed by atoms with Gasteiger partial charge in [0, 0.05) is 11.8 Å². The molecule has 0 bridgehead atoms. The highest BCUT2D eigenvalue weighted by atomic mass is 32.2. The molecule has 1 N–H and O–H groups in total. The average molecular weight is 231 g/mol. The lowest BCUT2D eigenvalue weighted by atomic mass is 10.1. The summed E-state index contributed by atoms with van der Waals surface area (Å²) in [6, 6.07) is 5.53. The summed E-state index contributed by atoms with van der Waals surface area (Å²) in [4.78, 5) is 0. The normalized spacial score (nSPS) is 12.8. The zero-order valence-corrected chi connectivity index (χ0v) is 8.83. The summed E-state index contributed by atoms with van der Waals surface area (Å²) in [7, 11) is -3.36. The van der Waals surface area contributed by atoms with E-state index in [9.17, 15) is 12.8 Å². The minimum absolute atomic E-state index is 0.00887. The quantitative estimate of drug-likeness (QED) is 0.480. The molecule has 1 aromatic carbocycles. The first-order valence-corrected chi connectivity index (χ1v) is 6.13. The van der Waals surface area contributed by atoms with Gasteiger partial charge in [-0.25, -0.2) is 12.8 Å². The molecule has 0 aliphatic carbocycles. The minimum atomic E-state index is -3.36. The van der Waals surface area contributed by atoms with Gasteiger partial charge in [0.1, 0.15) is 11.5 Å². The van der Waals surface area contributed by atoms with Gasteiger partial charge in [-0.05, 0) is 6.07 Å². The van der Waals surface area contributed by atoms with Crippen molar-refractivity contribution in [2.45, 2.75) is 0 Å². The molecule has 0 heterocycles. The highest BCUT2D eigenvalue weighted by Gasteiger charge is 2.15. The Morgan fingerprint density at radius 2 is 2.07 bits per heavy atom. The molecule has 0 aliphatic heterocycles. The number of hydrogen-bond donors (Lipinski definition) is 1. The van der Waals surface area contributed by atoms with Gasteiger partial charge in [-0.15, -0.1) is 0 Å². The van der Waals surface area contributed by atoms with Crippen LogP contribution in [0.4, 0.5) is 4.39 Å². The van der Waals surface area contributed by atoms with Gasteiger partial charge < -0.3 is 5.21 Å². The van der Waals surface area contributed by atoms with Crippen molar-refractivity contribution in [3.63, 3.8) is 0 Å². The molecular weight excluding hydrogens is 221 g/mol. The topological polar surface area (TPSA) is 66.7 Å². The van der Waals surface area contributed by atoms with Crippen LogP contribution in [0.15, 0.2) is 29.4 Å². The van der Waals surface area contributed by atoms with Crippen LogP contribution in [0.1, 0.15) is 5.56 Å². The third-order valence-corrected chi connectivity index (χ3v) is 2.50. The van der Waals surface area contributed by atoms with Crippen LogP contribution in [0, 0.1) is 5.82 Å². The van der Waals surface area contributed by atoms with Gasteiger partial charge in [0.15, 0.2) is 9.84 Å². The Morgan fingerprint density at radius 1 is 1.47 bits per heavy atom. The van der Waals surface area contributed by atoms with Crippen LogP contribution in [0.5, 0.6) is 0 Å². The number of hydrogen-bond acceptors (Lipinski definition) is 4. The van der Waals surface area contributed by atoms with Crippen molar-refractivity contribution in [1.82, 2.24) is 0 Å². The Labute approximate surface area is 87.0 Å². The van der Waals surface area contributed by atoms with E-state index in [2.05, 4.69) is 5.16 Å². The highest BCUT2D eigenvalue weighted by molar-refractivity contribution is 7.91. The fourth-order valence-electron chi connectivity index (χ4n) is 1.10. The molecule has 1 aromatic rings. The lowest BCUT2D eigenvalue weighted by Crippen LogP contribution is -2.17. The third kappa shape index (κ3) is 3.32. The molecule has 0 saturated heterocycles. The van der Waals surface area contributed by atoms with Crippen molar-refractivity contribution in [2.24, 2.45) is 5.16 Å². The van der Waals surface area contributed by atoms with Gasteiger partial charge in [-0.2, -0.15) is 0 Å². The monoisotopic (exact) mass is 231 g/mol. The Morgan fingerprint density at radius 3 is 2.53 bits per heavy atom. The van der Waals surface area contributed by atoms with Crippen LogP contribution in [-0.4, -0.2) is 31.3 Å².